The van der Waals surface area contributed by atoms with Gasteiger partial charge in [-0.05, 0) is 0 Å². The number of carbonyl (C=O) groups is 2. The molecule has 2 unspecified atom stereocenters. The second-order valence-corrected chi connectivity index (χ2v) is 1.53. The molecule has 0 aliphatic heterocycles. The van der Waals surface area contributed by atoms with Gasteiger partial charge in [0.1, 0.15) is 12.2 Å². The van der Waals surface area contributed by atoms with Gasteiger partial charge in [0.2, 0.25) is 0 Å². The largest absolute Gasteiger partial charge is 3.00 e. The normalized spacial score (nSPS) is 14.4. The number of aliphatic hydroxyl groups is 2. The second-order valence-electron chi connectivity index (χ2n) is 1.53. The summed E-state index contributed by atoms with van der Waals surface area (Å²) in [5, 5.41) is 35.7. The van der Waals surface area contributed by atoms with Crippen LogP contribution in [0.2, 0.25) is 0 Å². The third-order valence-electron chi connectivity index (χ3n) is 0.782. The Hall–Kier alpha value is -0.322. The summed E-state index contributed by atoms with van der Waals surface area (Å²) in [6, 6.07) is 0. The molecule has 0 amide bonds. The molecule has 0 aliphatic rings. The topological polar surface area (TPSA) is 121 Å². The molecule has 0 aliphatic carbocycles. The summed E-state index contributed by atoms with van der Waals surface area (Å²) in [6.07, 6.45) is -4.88. The molecular formula is C4H5O6Sb+2. The summed E-state index contributed by atoms with van der Waals surface area (Å²) in [7, 11) is 0. The maximum Gasteiger partial charge on any atom is 3.00 e. The van der Waals surface area contributed by atoms with Gasteiger partial charge in [0.15, 0.2) is 0 Å². The van der Waals surface area contributed by atoms with Gasteiger partial charge in [0, 0.05) is 0 Å². The molecule has 0 saturated carbocycles. The zero-order valence-electron chi connectivity index (χ0n) is 6.13. The Morgan fingerprint density at radius 3 is 1.36 bits per heavy atom. The quantitative estimate of drug-likeness (QED) is 0.495. The number of rotatable bonds is 3. The van der Waals surface area contributed by atoms with Gasteiger partial charge in [-0.15, -0.1) is 0 Å². The van der Waals surface area contributed by atoms with E-state index in [1.807, 2.05) is 0 Å². The van der Waals surface area contributed by atoms with Crippen molar-refractivity contribution in [3.8, 4) is 0 Å². The van der Waals surface area contributed by atoms with Crippen molar-refractivity contribution in [1.29, 1.82) is 0 Å². The van der Waals surface area contributed by atoms with Crippen molar-refractivity contribution in [3.05, 3.63) is 0 Å². The van der Waals surface area contributed by atoms with Crippen LogP contribution in [0.5, 0.6) is 0 Å². The molecule has 0 rings (SSSR count). The van der Waals surface area contributed by atoms with Crippen molar-refractivity contribution in [2.45, 2.75) is 12.2 Å². The van der Waals surface area contributed by atoms with Crippen LogP contribution in [-0.2, 0) is 9.59 Å². The van der Waals surface area contributed by atoms with E-state index in [2.05, 4.69) is 0 Å². The van der Waals surface area contributed by atoms with Crippen molar-refractivity contribution in [2.24, 2.45) is 0 Å². The Kier molecular flexibility index (Phi) is 6.45. The molecule has 2 atom stereocenters. The standard InChI is InChI=1S/C4H6O6.Sb/c5-1(3(7)8)2(6)4(9)10;/h1-2,5-6H,(H,7,8)(H,9,10);/q;+3/p-1. The van der Waals surface area contributed by atoms with Gasteiger partial charge in [-0.25, -0.2) is 0 Å². The first-order valence-corrected chi connectivity index (χ1v) is 2.24. The average molecular weight is 271 g/mol. The molecule has 0 aromatic rings. The van der Waals surface area contributed by atoms with E-state index in [9.17, 15) is 19.8 Å². The van der Waals surface area contributed by atoms with Gasteiger partial charge in [-0.1, -0.05) is 0 Å². The Labute approximate surface area is 80.4 Å². The fourth-order valence-electron chi connectivity index (χ4n) is 0.258. The zero-order valence-corrected chi connectivity index (χ0v) is 7.68. The molecule has 0 fully saturated rings. The van der Waals surface area contributed by atoms with Crippen LogP contribution in [0.3, 0.4) is 0 Å². The number of carbonyl (C=O) groups excluding carboxylic acids is 2. The predicted octanol–water partition coefficient (Wildman–Crippen LogP) is -5.06. The SMILES string of the molecule is O=C([O-])C(O)C(O)C(=O)[O-].[H+].[Sb+3]. The molecule has 2 radical (unpaired) electrons. The Morgan fingerprint density at radius 1 is 1.09 bits per heavy atom. The van der Waals surface area contributed by atoms with Gasteiger partial charge < -0.3 is 30.0 Å². The second kappa shape index (κ2) is 5.34. The van der Waals surface area contributed by atoms with Crippen LogP contribution in [0.1, 0.15) is 1.43 Å². The number of aliphatic hydroxyl groups excluding tert-OH is 2. The van der Waals surface area contributed by atoms with Gasteiger partial charge >= 0.3 is 25.9 Å². The summed E-state index contributed by atoms with van der Waals surface area (Å²) >= 11 is 0. The van der Waals surface area contributed by atoms with Crippen LogP contribution < -0.4 is 10.2 Å². The Balaban J connectivity index is -0.000000405. The van der Waals surface area contributed by atoms with Gasteiger partial charge in [0.25, 0.3) is 0 Å². The third kappa shape index (κ3) is 4.18. The van der Waals surface area contributed by atoms with Crippen LogP contribution in [0.4, 0.5) is 0 Å². The van der Waals surface area contributed by atoms with Gasteiger partial charge in [0.05, 0.1) is 11.9 Å². The fraction of sp³-hybridized carbons (Fsp3) is 0.500. The number of hydrogen-bond acceptors (Lipinski definition) is 6. The number of carboxylic acids is 2. The Morgan fingerprint density at radius 2 is 1.27 bits per heavy atom. The minimum Gasteiger partial charge on any atom is -0.547 e. The van der Waals surface area contributed by atoms with Crippen molar-refractivity contribution < 1.29 is 31.4 Å². The molecule has 6 nitrogen and oxygen atoms in total. The summed E-state index contributed by atoms with van der Waals surface area (Å²) in [6.45, 7) is 0. The number of hydrogen-bond donors (Lipinski definition) is 2. The van der Waals surface area contributed by atoms with E-state index < -0.39 is 24.1 Å². The van der Waals surface area contributed by atoms with Crippen LogP contribution in [-0.4, -0.2) is 58.8 Å². The van der Waals surface area contributed by atoms with Crippen LogP contribution in [0, 0.1) is 0 Å². The molecule has 0 aromatic heterocycles. The molecule has 0 spiro atoms. The molecule has 0 bridgehead atoms. The van der Waals surface area contributed by atoms with E-state index in [4.69, 9.17) is 10.2 Å². The number of carboxylic acid groups (broad SMARTS) is 2. The molecule has 11 heavy (non-hydrogen) atoms. The number of aliphatic carboxylic acids is 2. The van der Waals surface area contributed by atoms with Crippen LogP contribution in [0.15, 0.2) is 0 Å². The first kappa shape index (κ1) is 13.3. The van der Waals surface area contributed by atoms with Crippen molar-refractivity contribution in [3.63, 3.8) is 0 Å². The molecule has 60 valence electrons. The van der Waals surface area contributed by atoms with E-state index >= 15 is 0 Å². The summed E-state index contributed by atoms with van der Waals surface area (Å²) in [5.74, 6) is -4.12. The van der Waals surface area contributed by atoms with E-state index in [-0.39, 0.29) is 25.9 Å². The monoisotopic (exact) mass is 270 g/mol. The van der Waals surface area contributed by atoms with Gasteiger partial charge in [-0.2, -0.15) is 0 Å². The molecule has 2 N–H and O–H groups in total. The molecule has 0 aromatic carbocycles. The Bertz CT molecular complexity index is 144. The van der Waals surface area contributed by atoms with E-state index in [0.717, 1.165) is 0 Å². The predicted molar refractivity (Wildman–Crippen MR) is 28.9 cm³/mol. The maximum atomic E-state index is 9.63. The zero-order chi connectivity index (χ0) is 8.31. The van der Waals surface area contributed by atoms with Crippen LogP contribution in [0.25, 0.3) is 0 Å². The fourth-order valence-corrected chi connectivity index (χ4v) is 0.258. The summed E-state index contributed by atoms with van der Waals surface area (Å²) in [5.41, 5.74) is 0. The summed E-state index contributed by atoms with van der Waals surface area (Å²) < 4.78 is 0. The molecule has 0 heterocycles. The average Bonchev–Trinajstić information content (AvgIpc) is 1.84. The maximum absolute atomic E-state index is 9.63. The minimum absolute atomic E-state index is 0. The van der Waals surface area contributed by atoms with E-state index in [0.29, 0.717) is 0 Å². The molecule has 7 heteroatoms. The first-order chi connectivity index (χ1) is 4.46. The van der Waals surface area contributed by atoms with Crippen molar-refractivity contribution in [1.82, 2.24) is 0 Å². The van der Waals surface area contributed by atoms with Crippen molar-refractivity contribution >= 4 is 36.4 Å². The van der Waals surface area contributed by atoms with Crippen LogP contribution >= 0.6 is 0 Å². The smallest absolute Gasteiger partial charge is 0.547 e. The third-order valence-corrected chi connectivity index (χ3v) is 0.782. The van der Waals surface area contributed by atoms with Gasteiger partial charge in [-0.3, -0.25) is 0 Å². The van der Waals surface area contributed by atoms with E-state index in [1.165, 1.54) is 0 Å². The van der Waals surface area contributed by atoms with E-state index in [1.54, 1.807) is 0 Å². The first-order valence-electron chi connectivity index (χ1n) is 2.24. The van der Waals surface area contributed by atoms with Crippen molar-refractivity contribution in [2.75, 3.05) is 0 Å². The minimum atomic E-state index is -2.44. The summed E-state index contributed by atoms with van der Waals surface area (Å²) in [4.78, 5) is 19.3. The molecule has 0 saturated heterocycles. The molecular weight excluding hydrogens is 266 g/mol.